The van der Waals surface area contributed by atoms with E-state index in [1.807, 2.05) is 0 Å². The molecule has 4 N–H and O–H groups in total. The van der Waals surface area contributed by atoms with Crippen LogP contribution >= 0.6 is 0 Å². The molecule has 0 atom stereocenters. The second-order valence-corrected chi connectivity index (χ2v) is 2.94. The summed E-state index contributed by atoms with van der Waals surface area (Å²) in [5, 5.41) is 0. The Balaban J connectivity index is 3.28. The Kier molecular flexibility index (Phi) is 2.99. The average molecular weight is 218 g/mol. The smallest absolute Gasteiger partial charge is 0.366 e. The van der Waals surface area contributed by atoms with E-state index in [2.05, 4.69) is 0 Å². The van der Waals surface area contributed by atoms with Gasteiger partial charge in [-0.3, -0.25) is 4.79 Å². The third kappa shape index (κ3) is 2.47. The standard InChI is InChI=1S/C9H9F3N2O/c10-9(11,12)6-2-1-5(4-13)7(3-6)8(14)15/h1-3H,4,13H2,(H2,14,15). The minimum Gasteiger partial charge on any atom is -0.366 e. The highest BCUT2D eigenvalue weighted by Crippen LogP contribution is 2.30. The van der Waals surface area contributed by atoms with Crippen molar-refractivity contribution in [2.75, 3.05) is 0 Å². The topological polar surface area (TPSA) is 69.1 Å². The molecule has 0 bridgehead atoms. The Morgan fingerprint density at radius 1 is 1.33 bits per heavy atom. The van der Waals surface area contributed by atoms with Gasteiger partial charge in [-0.15, -0.1) is 0 Å². The van der Waals surface area contributed by atoms with Crippen LogP contribution in [0.1, 0.15) is 21.5 Å². The highest BCUT2D eigenvalue weighted by Gasteiger charge is 2.31. The maximum absolute atomic E-state index is 12.3. The van der Waals surface area contributed by atoms with Gasteiger partial charge in [-0.05, 0) is 17.7 Å². The van der Waals surface area contributed by atoms with Crippen LogP contribution in [0.25, 0.3) is 0 Å². The largest absolute Gasteiger partial charge is 0.416 e. The summed E-state index contributed by atoms with van der Waals surface area (Å²) in [7, 11) is 0. The van der Waals surface area contributed by atoms with E-state index in [9.17, 15) is 18.0 Å². The van der Waals surface area contributed by atoms with Crippen LogP contribution in [0.5, 0.6) is 0 Å². The second kappa shape index (κ2) is 3.90. The first kappa shape index (κ1) is 11.5. The molecule has 0 aliphatic heterocycles. The third-order valence-corrected chi connectivity index (χ3v) is 1.92. The molecule has 0 aromatic heterocycles. The molecule has 0 aliphatic rings. The van der Waals surface area contributed by atoms with Crippen molar-refractivity contribution in [3.05, 3.63) is 34.9 Å². The Morgan fingerprint density at radius 3 is 2.33 bits per heavy atom. The van der Waals surface area contributed by atoms with Gasteiger partial charge in [0.25, 0.3) is 0 Å². The quantitative estimate of drug-likeness (QED) is 0.784. The first-order valence-corrected chi connectivity index (χ1v) is 4.06. The predicted octanol–water partition coefficient (Wildman–Crippen LogP) is 1.26. The summed E-state index contributed by atoms with van der Waals surface area (Å²) in [5.74, 6) is -0.915. The van der Waals surface area contributed by atoms with Gasteiger partial charge < -0.3 is 11.5 Å². The zero-order valence-electron chi connectivity index (χ0n) is 7.64. The SMILES string of the molecule is NCc1ccc(C(F)(F)F)cc1C(N)=O. The first-order chi connectivity index (χ1) is 6.86. The fraction of sp³-hybridized carbons (Fsp3) is 0.222. The molecule has 0 radical (unpaired) electrons. The molecule has 0 spiro atoms. The molecule has 1 aromatic rings. The number of hydrogen-bond donors (Lipinski definition) is 2. The summed E-state index contributed by atoms with van der Waals surface area (Å²) >= 11 is 0. The van der Waals surface area contributed by atoms with Crippen LogP contribution in [0.3, 0.4) is 0 Å². The van der Waals surface area contributed by atoms with Crippen molar-refractivity contribution >= 4 is 5.91 Å². The van der Waals surface area contributed by atoms with E-state index in [0.29, 0.717) is 11.6 Å². The van der Waals surface area contributed by atoms with Crippen LogP contribution in [-0.4, -0.2) is 5.91 Å². The average Bonchev–Trinajstić information content (AvgIpc) is 2.15. The third-order valence-electron chi connectivity index (χ3n) is 1.92. The fourth-order valence-corrected chi connectivity index (χ4v) is 1.16. The molecule has 82 valence electrons. The fourth-order valence-electron chi connectivity index (χ4n) is 1.16. The minimum absolute atomic E-state index is 0.0313. The van der Waals surface area contributed by atoms with Crippen molar-refractivity contribution in [1.82, 2.24) is 0 Å². The summed E-state index contributed by atoms with van der Waals surface area (Å²) in [6, 6.07) is 2.74. The van der Waals surface area contributed by atoms with Gasteiger partial charge in [0.1, 0.15) is 0 Å². The van der Waals surface area contributed by atoms with Crippen molar-refractivity contribution in [2.24, 2.45) is 11.5 Å². The summed E-state index contributed by atoms with van der Waals surface area (Å²) in [6.45, 7) is -0.0313. The predicted molar refractivity (Wildman–Crippen MR) is 47.9 cm³/mol. The number of nitrogens with two attached hydrogens (primary N) is 2. The summed E-state index contributed by atoms with van der Waals surface area (Å²) < 4.78 is 36.9. The lowest BCUT2D eigenvalue weighted by molar-refractivity contribution is -0.137. The number of rotatable bonds is 2. The van der Waals surface area contributed by atoms with Crippen LogP contribution in [0.2, 0.25) is 0 Å². The minimum atomic E-state index is -4.49. The van der Waals surface area contributed by atoms with Gasteiger partial charge in [0.2, 0.25) is 5.91 Å². The molecule has 3 nitrogen and oxygen atoms in total. The molecule has 0 fully saturated rings. The molecular weight excluding hydrogens is 209 g/mol. The van der Waals surface area contributed by atoms with Gasteiger partial charge in [0.05, 0.1) is 5.56 Å². The van der Waals surface area contributed by atoms with E-state index in [-0.39, 0.29) is 12.1 Å². The Labute approximate surface area is 83.9 Å². The lowest BCUT2D eigenvalue weighted by atomic mass is 10.0. The monoisotopic (exact) mass is 218 g/mol. The van der Waals surface area contributed by atoms with Crippen molar-refractivity contribution in [2.45, 2.75) is 12.7 Å². The zero-order valence-corrected chi connectivity index (χ0v) is 7.64. The molecule has 0 unspecified atom stereocenters. The molecule has 0 saturated carbocycles. The summed E-state index contributed by atoms with van der Waals surface area (Å²) in [6.07, 6.45) is -4.49. The van der Waals surface area contributed by atoms with E-state index < -0.39 is 17.6 Å². The highest BCUT2D eigenvalue weighted by molar-refractivity contribution is 5.94. The van der Waals surface area contributed by atoms with Crippen LogP contribution in [0.4, 0.5) is 13.2 Å². The Morgan fingerprint density at radius 2 is 1.93 bits per heavy atom. The van der Waals surface area contributed by atoms with Crippen LogP contribution < -0.4 is 11.5 Å². The molecule has 0 aliphatic carbocycles. The summed E-state index contributed by atoms with van der Waals surface area (Å²) in [5.41, 5.74) is 9.40. The normalized spacial score (nSPS) is 11.5. The molecule has 0 heterocycles. The van der Waals surface area contributed by atoms with E-state index in [1.54, 1.807) is 0 Å². The highest BCUT2D eigenvalue weighted by atomic mass is 19.4. The van der Waals surface area contributed by atoms with Gasteiger partial charge >= 0.3 is 6.18 Å². The Bertz CT molecular complexity index is 387. The number of hydrogen-bond acceptors (Lipinski definition) is 2. The zero-order chi connectivity index (χ0) is 11.6. The molecule has 0 saturated heterocycles. The van der Waals surface area contributed by atoms with Crippen LogP contribution in [0.15, 0.2) is 18.2 Å². The number of carbonyl (C=O) groups is 1. The van der Waals surface area contributed by atoms with Crippen molar-refractivity contribution in [1.29, 1.82) is 0 Å². The summed E-state index contributed by atoms with van der Waals surface area (Å²) in [4.78, 5) is 10.9. The van der Waals surface area contributed by atoms with Gasteiger partial charge in [0, 0.05) is 12.1 Å². The second-order valence-electron chi connectivity index (χ2n) is 2.94. The first-order valence-electron chi connectivity index (χ1n) is 4.06. The van der Waals surface area contributed by atoms with Crippen molar-refractivity contribution in [3.8, 4) is 0 Å². The number of halogens is 3. The van der Waals surface area contributed by atoms with Gasteiger partial charge in [-0.2, -0.15) is 13.2 Å². The molecule has 1 aromatic carbocycles. The number of amides is 1. The Hall–Kier alpha value is -1.56. The van der Waals surface area contributed by atoms with E-state index >= 15 is 0 Å². The van der Waals surface area contributed by atoms with Crippen LogP contribution in [0, 0.1) is 0 Å². The van der Waals surface area contributed by atoms with E-state index in [0.717, 1.165) is 12.1 Å². The van der Waals surface area contributed by atoms with Crippen LogP contribution in [-0.2, 0) is 12.7 Å². The maximum atomic E-state index is 12.3. The lowest BCUT2D eigenvalue weighted by Crippen LogP contribution is -2.17. The number of carbonyl (C=O) groups excluding carboxylic acids is 1. The van der Waals surface area contributed by atoms with Gasteiger partial charge in [0.15, 0.2) is 0 Å². The molecule has 15 heavy (non-hydrogen) atoms. The number of primary amides is 1. The maximum Gasteiger partial charge on any atom is 0.416 e. The lowest BCUT2D eigenvalue weighted by Gasteiger charge is -2.10. The van der Waals surface area contributed by atoms with Crippen molar-refractivity contribution < 1.29 is 18.0 Å². The molecule has 1 rings (SSSR count). The van der Waals surface area contributed by atoms with Gasteiger partial charge in [-0.1, -0.05) is 6.07 Å². The van der Waals surface area contributed by atoms with Gasteiger partial charge in [-0.25, -0.2) is 0 Å². The molecular formula is C9H9F3N2O. The molecule has 6 heteroatoms. The van der Waals surface area contributed by atoms with Crippen molar-refractivity contribution in [3.63, 3.8) is 0 Å². The number of alkyl halides is 3. The van der Waals surface area contributed by atoms with E-state index in [4.69, 9.17) is 11.5 Å². The number of benzene rings is 1. The van der Waals surface area contributed by atoms with E-state index in [1.165, 1.54) is 0 Å². The molecule has 1 amide bonds.